The largest absolute Gasteiger partial charge is 0.326 e. The van der Waals surface area contributed by atoms with Crippen LogP contribution in [0.4, 0.5) is 5.69 Å². The van der Waals surface area contributed by atoms with Gasteiger partial charge in [-0.05, 0) is 42.5 Å². The van der Waals surface area contributed by atoms with E-state index in [1.54, 1.807) is 30.0 Å². The summed E-state index contributed by atoms with van der Waals surface area (Å²) in [6.45, 7) is 1.47. The highest BCUT2D eigenvalue weighted by molar-refractivity contribution is 8.00. The molecule has 2 rings (SSSR count). The van der Waals surface area contributed by atoms with E-state index >= 15 is 0 Å². The molecule has 0 radical (unpaired) electrons. The second-order valence-corrected chi connectivity index (χ2v) is 8.23. The fourth-order valence-corrected chi connectivity index (χ4v) is 4.71. The molecule has 0 bridgehead atoms. The molecule has 2 aromatic carbocycles. The van der Waals surface area contributed by atoms with Crippen molar-refractivity contribution in [2.75, 3.05) is 16.8 Å². The van der Waals surface area contributed by atoms with Crippen LogP contribution in [0.2, 0.25) is 10.0 Å². The Hall–Kier alpha value is -1.01. The van der Waals surface area contributed by atoms with Crippen LogP contribution in [0.15, 0.2) is 52.3 Å². The molecule has 1 N–H and O–H groups in total. The lowest BCUT2D eigenvalue weighted by atomic mass is 10.3. The molecule has 7 heteroatoms. The fraction of sp³-hybridized carbons (Fsp3) is 0.188. The van der Waals surface area contributed by atoms with Crippen molar-refractivity contribution >= 4 is 57.4 Å². The van der Waals surface area contributed by atoms with Crippen molar-refractivity contribution in [3.63, 3.8) is 0 Å². The molecule has 1 amide bonds. The number of amides is 1. The fourth-order valence-electron chi connectivity index (χ4n) is 1.83. The van der Waals surface area contributed by atoms with Crippen molar-refractivity contribution in [2.24, 2.45) is 0 Å². The SMILES string of the molecule is CC(=O)Nc1ccc(SCC[S@@](=O)c2cc(Cl)ccc2Cl)cc1. The van der Waals surface area contributed by atoms with Gasteiger partial charge in [0.05, 0.1) is 20.7 Å². The first-order chi connectivity index (χ1) is 11.0. The number of anilines is 1. The predicted molar refractivity (Wildman–Crippen MR) is 99.2 cm³/mol. The predicted octanol–water partition coefficient (Wildman–Crippen LogP) is 4.85. The molecule has 0 aliphatic carbocycles. The van der Waals surface area contributed by atoms with Crippen LogP contribution in [0.25, 0.3) is 0 Å². The van der Waals surface area contributed by atoms with Gasteiger partial charge in [-0.2, -0.15) is 0 Å². The van der Waals surface area contributed by atoms with Crippen LogP contribution in [0.3, 0.4) is 0 Å². The Labute approximate surface area is 152 Å². The highest BCUT2D eigenvalue weighted by Crippen LogP contribution is 2.25. The molecule has 0 saturated carbocycles. The Kier molecular flexibility index (Phi) is 6.96. The molecular formula is C16H15Cl2NO2S2. The molecule has 3 nitrogen and oxygen atoms in total. The molecule has 0 heterocycles. The molecule has 1 atom stereocenters. The summed E-state index contributed by atoms with van der Waals surface area (Å²) in [5, 5.41) is 3.71. The van der Waals surface area contributed by atoms with Gasteiger partial charge < -0.3 is 5.32 Å². The zero-order chi connectivity index (χ0) is 16.8. The van der Waals surface area contributed by atoms with Crippen LogP contribution in [0.1, 0.15) is 6.92 Å². The van der Waals surface area contributed by atoms with E-state index in [0.717, 1.165) is 10.6 Å². The minimum absolute atomic E-state index is 0.0980. The number of halogens is 2. The maximum atomic E-state index is 12.3. The standard InChI is InChI=1S/C16H15Cl2NO2S2/c1-11(20)19-13-3-5-14(6-4-13)22-8-9-23(21)16-10-12(17)2-7-15(16)18/h2-7,10H,8-9H2,1H3,(H,19,20)/t23-/m1/s1. The quantitative estimate of drug-likeness (QED) is 0.720. The highest BCUT2D eigenvalue weighted by atomic mass is 35.5. The summed E-state index contributed by atoms with van der Waals surface area (Å²) < 4.78 is 12.3. The van der Waals surface area contributed by atoms with Crippen LogP contribution in [-0.2, 0) is 15.6 Å². The van der Waals surface area contributed by atoms with Crippen LogP contribution >= 0.6 is 35.0 Å². The number of thioether (sulfide) groups is 1. The number of benzene rings is 2. The van der Waals surface area contributed by atoms with Gasteiger partial charge >= 0.3 is 0 Å². The zero-order valence-electron chi connectivity index (χ0n) is 12.3. The van der Waals surface area contributed by atoms with Gasteiger partial charge in [-0.15, -0.1) is 11.8 Å². The lowest BCUT2D eigenvalue weighted by molar-refractivity contribution is -0.114. The topological polar surface area (TPSA) is 46.2 Å². The molecule has 0 saturated heterocycles. The molecule has 0 aliphatic rings. The average Bonchev–Trinajstić information content (AvgIpc) is 2.51. The van der Waals surface area contributed by atoms with E-state index in [1.807, 2.05) is 24.3 Å². The maximum Gasteiger partial charge on any atom is 0.221 e. The third-order valence-corrected chi connectivity index (χ3v) is 6.20. The van der Waals surface area contributed by atoms with E-state index in [4.69, 9.17) is 23.2 Å². The lowest BCUT2D eigenvalue weighted by Crippen LogP contribution is -2.05. The second kappa shape index (κ2) is 8.73. The molecule has 122 valence electrons. The van der Waals surface area contributed by atoms with E-state index in [-0.39, 0.29) is 5.91 Å². The summed E-state index contributed by atoms with van der Waals surface area (Å²) in [4.78, 5) is 12.6. The minimum atomic E-state index is -1.19. The summed E-state index contributed by atoms with van der Waals surface area (Å²) in [6.07, 6.45) is 0. The molecule has 2 aromatic rings. The average molecular weight is 388 g/mol. The monoisotopic (exact) mass is 387 g/mol. The van der Waals surface area contributed by atoms with Crippen LogP contribution in [0, 0.1) is 0 Å². The van der Waals surface area contributed by atoms with Gasteiger partial charge in [-0.25, -0.2) is 0 Å². The Morgan fingerprint density at radius 1 is 1.17 bits per heavy atom. The molecule has 0 aromatic heterocycles. The van der Waals surface area contributed by atoms with E-state index in [1.165, 1.54) is 6.92 Å². The molecule has 0 aliphatic heterocycles. The first-order valence-corrected chi connectivity index (χ1v) is 9.85. The number of carbonyl (C=O) groups excluding carboxylic acids is 1. The third kappa shape index (κ3) is 5.84. The number of rotatable bonds is 6. The first kappa shape index (κ1) is 18.3. The Morgan fingerprint density at radius 2 is 1.87 bits per heavy atom. The Bertz CT molecular complexity index is 721. The molecule has 0 fully saturated rings. The zero-order valence-corrected chi connectivity index (χ0v) is 15.5. The van der Waals surface area contributed by atoms with Crippen molar-refractivity contribution < 1.29 is 9.00 Å². The third-order valence-electron chi connectivity index (χ3n) is 2.85. The lowest BCUT2D eigenvalue weighted by Gasteiger charge is -2.06. The molecule has 0 spiro atoms. The first-order valence-electron chi connectivity index (χ1n) is 6.79. The molecular weight excluding hydrogens is 373 g/mol. The summed E-state index contributed by atoms with van der Waals surface area (Å²) in [6, 6.07) is 12.5. The minimum Gasteiger partial charge on any atom is -0.326 e. The van der Waals surface area contributed by atoms with Crippen molar-refractivity contribution in [1.29, 1.82) is 0 Å². The van der Waals surface area contributed by atoms with E-state index in [9.17, 15) is 9.00 Å². The number of nitrogens with one attached hydrogen (secondary N) is 1. The number of carbonyl (C=O) groups is 1. The van der Waals surface area contributed by atoms with Crippen molar-refractivity contribution in [3.05, 3.63) is 52.5 Å². The summed E-state index contributed by atoms with van der Waals surface area (Å²) in [5.41, 5.74) is 0.760. The maximum absolute atomic E-state index is 12.3. The smallest absolute Gasteiger partial charge is 0.221 e. The molecule has 0 unspecified atom stereocenters. The van der Waals surface area contributed by atoms with E-state index < -0.39 is 10.8 Å². The van der Waals surface area contributed by atoms with Gasteiger partial charge in [0.25, 0.3) is 0 Å². The van der Waals surface area contributed by atoms with E-state index in [2.05, 4.69) is 5.32 Å². The summed E-state index contributed by atoms with van der Waals surface area (Å²) in [5.74, 6) is 1.08. The normalized spacial score (nSPS) is 12.0. The van der Waals surface area contributed by atoms with Crippen LogP contribution in [0.5, 0.6) is 0 Å². The highest BCUT2D eigenvalue weighted by Gasteiger charge is 2.09. The van der Waals surface area contributed by atoms with Crippen molar-refractivity contribution in [1.82, 2.24) is 0 Å². The Balaban J connectivity index is 1.88. The van der Waals surface area contributed by atoms with Gasteiger partial charge in [0, 0.05) is 34.0 Å². The van der Waals surface area contributed by atoms with Crippen LogP contribution < -0.4 is 5.32 Å². The van der Waals surface area contributed by atoms with Gasteiger partial charge in [0.15, 0.2) is 0 Å². The molecule has 23 heavy (non-hydrogen) atoms. The van der Waals surface area contributed by atoms with Gasteiger partial charge in [-0.1, -0.05) is 23.2 Å². The van der Waals surface area contributed by atoms with Crippen LogP contribution in [-0.4, -0.2) is 21.6 Å². The number of hydrogen-bond acceptors (Lipinski definition) is 3. The van der Waals surface area contributed by atoms with Crippen molar-refractivity contribution in [2.45, 2.75) is 16.7 Å². The summed E-state index contributed by atoms with van der Waals surface area (Å²) >= 11 is 13.6. The van der Waals surface area contributed by atoms with Gasteiger partial charge in [0.1, 0.15) is 0 Å². The van der Waals surface area contributed by atoms with Gasteiger partial charge in [-0.3, -0.25) is 9.00 Å². The van der Waals surface area contributed by atoms with Gasteiger partial charge in [0.2, 0.25) is 5.91 Å². The summed E-state index contributed by atoms with van der Waals surface area (Å²) in [7, 11) is -1.19. The second-order valence-electron chi connectivity index (χ2n) is 4.68. The Morgan fingerprint density at radius 3 is 2.52 bits per heavy atom. The van der Waals surface area contributed by atoms with Crippen molar-refractivity contribution in [3.8, 4) is 0 Å². The van der Waals surface area contributed by atoms with E-state index in [0.29, 0.717) is 26.4 Å². The number of hydrogen-bond donors (Lipinski definition) is 1.